The number of carbonyl (C=O) groups excluding carboxylic acids is 1. The normalized spacial score (nSPS) is 11.3. The maximum atomic E-state index is 12.1. The van der Waals surface area contributed by atoms with Gasteiger partial charge in [0.25, 0.3) is 0 Å². The van der Waals surface area contributed by atoms with E-state index in [0.29, 0.717) is 5.69 Å². The molecule has 0 aliphatic heterocycles. The van der Waals surface area contributed by atoms with Crippen molar-refractivity contribution in [1.82, 2.24) is 14.3 Å². The van der Waals surface area contributed by atoms with Crippen LogP contribution >= 0.6 is 0 Å². The minimum Gasteiger partial charge on any atom is -0.481 e. The number of nitrogens with zero attached hydrogens (tertiary/aromatic N) is 3. The fourth-order valence-corrected chi connectivity index (χ4v) is 2.16. The molecule has 21 heavy (non-hydrogen) atoms. The molecular weight excluding hydrogens is 300 g/mol. The van der Waals surface area contributed by atoms with E-state index in [-0.39, 0.29) is 24.8 Å². The van der Waals surface area contributed by atoms with Gasteiger partial charge in [-0.1, -0.05) is 0 Å². The molecule has 1 rings (SSSR count). The molecule has 1 heterocycles. The highest BCUT2D eigenvalue weighted by Crippen LogP contribution is 2.13. The molecule has 0 spiro atoms. The number of hydrogen-bond donors (Lipinski definition) is 1. The van der Waals surface area contributed by atoms with Crippen LogP contribution in [-0.4, -0.2) is 56.5 Å². The van der Waals surface area contributed by atoms with E-state index in [0.717, 1.165) is 4.31 Å². The fourth-order valence-electron chi connectivity index (χ4n) is 1.35. The number of rotatable bonds is 7. The molecule has 0 bridgehead atoms. The van der Waals surface area contributed by atoms with Gasteiger partial charge in [0.2, 0.25) is 11.8 Å². The second-order valence-corrected chi connectivity index (χ2v) is 5.91. The Hall–Kier alpha value is -1.94. The quantitative estimate of drug-likeness (QED) is 0.701. The van der Waals surface area contributed by atoms with Crippen molar-refractivity contribution >= 4 is 22.1 Å². The van der Waals surface area contributed by atoms with Crippen LogP contribution in [0.4, 0.5) is 5.95 Å². The Kier molecular flexibility index (Phi) is 5.85. The van der Waals surface area contributed by atoms with Crippen molar-refractivity contribution in [3.05, 3.63) is 11.8 Å². The van der Waals surface area contributed by atoms with Gasteiger partial charge in [-0.2, -0.15) is 17.7 Å². The van der Waals surface area contributed by atoms with E-state index >= 15 is 0 Å². The lowest BCUT2D eigenvalue weighted by molar-refractivity contribution is -0.140. The summed E-state index contributed by atoms with van der Waals surface area (Å²) in [5, 5.41) is 0. The van der Waals surface area contributed by atoms with E-state index in [9.17, 15) is 13.2 Å². The van der Waals surface area contributed by atoms with Crippen molar-refractivity contribution in [2.45, 2.75) is 13.3 Å². The predicted molar refractivity (Wildman–Crippen MR) is 75.1 cm³/mol. The van der Waals surface area contributed by atoms with Crippen molar-refractivity contribution in [3.63, 3.8) is 0 Å². The lowest BCUT2D eigenvalue weighted by Crippen LogP contribution is -2.34. The predicted octanol–water partition coefficient (Wildman–Crippen LogP) is -0.0548. The van der Waals surface area contributed by atoms with Gasteiger partial charge in [-0.15, -0.1) is 0 Å². The van der Waals surface area contributed by atoms with Gasteiger partial charge in [-0.25, -0.2) is 9.71 Å². The molecule has 0 amide bonds. The number of anilines is 1. The highest BCUT2D eigenvalue weighted by molar-refractivity contribution is 7.90. The summed E-state index contributed by atoms with van der Waals surface area (Å²) in [7, 11) is 0.125. The average molecular weight is 318 g/mol. The SMILES string of the molecule is COC(=O)CCN(C)S(=O)(=O)Nc1nc(C)cc(OC)n1. The Labute approximate surface area is 123 Å². The van der Waals surface area contributed by atoms with Crippen LogP contribution in [0.15, 0.2) is 6.07 Å². The zero-order valence-corrected chi connectivity index (χ0v) is 13.1. The van der Waals surface area contributed by atoms with Crippen LogP contribution in [0, 0.1) is 6.92 Å². The number of ether oxygens (including phenoxy) is 2. The van der Waals surface area contributed by atoms with Crippen LogP contribution in [0.3, 0.4) is 0 Å². The monoisotopic (exact) mass is 318 g/mol. The highest BCUT2D eigenvalue weighted by Gasteiger charge is 2.20. The Morgan fingerprint density at radius 1 is 1.38 bits per heavy atom. The Balaban J connectivity index is 2.80. The zero-order chi connectivity index (χ0) is 16.0. The number of esters is 1. The summed E-state index contributed by atoms with van der Waals surface area (Å²) in [5.74, 6) is -0.347. The van der Waals surface area contributed by atoms with Gasteiger partial charge < -0.3 is 9.47 Å². The number of carbonyl (C=O) groups is 1. The summed E-state index contributed by atoms with van der Waals surface area (Å²) in [4.78, 5) is 18.9. The molecule has 0 radical (unpaired) electrons. The van der Waals surface area contributed by atoms with Crippen LogP contribution < -0.4 is 9.46 Å². The first-order valence-electron chi connectivity index (χ1n) is 5.99. The van der Waals surface area contributed by atoms with Crippen LogP contribution in [0.25, 0.3) is 0 Å². The summed E-state index contributed by atoms with van der Waals surface area (Å²) in [5.41, 5.74) is 0.553. The third-order valence-electron chi connectivity index (χ3n) is 2.53. The number of hydrogen-bond acceptors (Lipinski definition) is 7. The third kappa shape index (κ3) is 5.16. The van der Waals surface area contributed by atoms with Crippen LogP contribution in [0.1, 0.15) is 12.1 Å². The van der Waals surface area contributed by atoms with E-state index in [4.69, 9.17) is 4.74 Å². The molecule has 0 saturated heterocycles. The van der Waals surface area contributed by atoms with Crippen molar-refractivity contribution in [1.29, 1.82) is 0 Å². The lowest BCUT2D eigenvalue weighted by Gasteiger charge is -2.17. The molecule has 118 valence electrons. The minimum atomic E-state index is -3.86. The zero-order valence-electron chi connectivity index (χ0n) is 12.3. The van der Waals surface area contributed by atoms with Crippen LogP contribution in [0.5, 0.6) is 5.88 Å². The van der Waals surface area contributed by atoms with E-state index in [1.54, 1.807) is 13.0 Å². The Morgan fingerprint density at radius 3 is 2.62 bits per heavy atom. The van der Waals surface area contributed by atoms with Gasteiger partial charge in [-0.05, 0) is 6.92 Å². The summed E-state index contributed by atoms with van der Waals surface area (Å²) >= 11 is 0. The van der Waals surface area contributed by atoms with Gasteiger partial charge in [-0.3, -0.25) is 4.79 Å². The fraction of sp³-hybridized carbons (Fsp3) is 0.545. The Bertz CT molecular complexity index is 605. The average Bonchev–Trinajstić information content (AvgIpc) is 2.42. The van der Waals surface area contributed by atoms with Crippen molar-refractivity contribution in [2.24, 2.45) is 0 Å². The first-order chi connectivity index (χ1) is 9.78. The largest absolute Gasteiger partial charge is 0.481 e. The van der Waals surface area contributed by atoms with Crippen molar-refractivity contribution in [3.8, 4) is 5.88 Å². The summed E-state index contributed by atoms with van der Waals surface area (Å²) in [6.45, 7) is 1.66. The van der Waals surface area contributed by atoms with Gasteiger partial charge in [0.05, 0.1) is 20.6 Å². The smallest absolute Gasteiger partial charge is 0.306 e. The van der Waals surface area contributed by atoms with Gasteiger partial charge >= 0.3 is 16.2 Å². The molecule has 1 aromatic heterocycles. The number of nitrogens with one attached hydrogen (secondary N) is 1. The van der Waals surface area contributed by atoms with Gasteiger partial charge in [0.15, 0.2) is 0 Å². The molecule has 1 N–H and O–H groups in total. The number of methoxy groups -OCH3 is 2. The van der Waals surface area contributed by atoms with E-state index in [1.165, 1.54) is 21.3 Å². The lowest BCUT2D eigenvalue weighted by atomic mass is 10.4. The molecule has 10 heteroatoms. The third-order valence-corrected chi connectivity index (χ3v) is 3.97. The maximum absolute atomic E-state index is 12.1. The molecule has 0 fully saturated rings. The molecular formula is C11H18N4O5S. The molecule has 0 saturated carbocycles. The molecule has 9 nitrogen and oxygen atoms in total. The molecule has 0 aromatic carbocycles. The summed E-state index contributed by atoms with van der Waals surface area (Å²) < 4.78 is 36.7. The van der Waals surface area contributed by atoms with Crippen LogP contribution in [-0.2, 0) is 19.7 Å². The van der Waals surface area contributed by atoms with Crippen molar-refractivity contribution < 1.29 is 22.7 Å². The minimum absolute atomic E-state index is 0.0229. The summed E-state index contributed by atoms with van der Waals surface area (Å²) in [6, 6.07) is 1.57. The second kappa shape index (κ2) is 7.18. The summed E-state index contributed by atoms with van der Waals surface area (Å²) in [6.07, 6.45) is -0.0497. The molecule has 1 aromatic rings. The van der Waals surface area contributed by atoms with Crippen molar-refractivity contribution in [2.75, 3.05) is 32.5 Å². The molecule has 0 aliphatic carbocycles. The molecule has 0 unspecified atom stereocenters. The maximum Gasteiger partial charge on any atom is 0.306 e. The Morgan fingerprint density at radius 2 is 2.05 bits per heavy atom. The highest BCUT2D eigenvalue weighted by atomic mass is 32.2. The first kappa shape index (κ1) is 17.1. The second-order valence-electron chi connectivity index (χ2n) is 4.13. The van der Waals surface area contributed by atoms with E-state index < -0.39 is 16.2 Å². The standard InChI is InChI=1S/C11H18N4O5S/c1-8-7-9(19-3)13-11(12-8)14-21(17,18)15(2)6-5-10(16)20-4/h7H,5-6H2,1-4H3,(H,12,13,14). The molecule has 0 atom stereocenters. The number of aromatic nitrogens is 2. The molecule has 0 aliphatic rings. The van der Waals surface area contributed by atoms with Gasteiger partial charge in [0, 0.05) is 25.4 Å². The van der Waals surface area contributed by atoms with Gasteiger partial charge in [0.1, 0.15) is 0 Å². The first-order valence-corrected chi connectivity index (χ1v) is 7.43. The van der Waals surface area contributed by atoms with E-state index in [1.807, 2.05) is 0 Å². The van der Waals surface area contributed by atoms with E-state index in [2.05, 4.69) is 19.4 Å². The van der Waals surface area contributed by atoms with Crippen LogP contribution in [0.2, 0.25) is 0 Å². The number of aryl methyl sites for hydroxylation is 1. The topological polar surface area (TPSA) is 111 Å².